The van der Waals surface area contributed by atoms with E-state index in [1.807, 2.05) is 0 Å². The Morgan fingerprint density at radius 1 is 1.12 bits per heavy atom. The van der Waals surface area contributed by atoms with Crippen molar-refractivity contribution in [1.29, 1.82) is 0 Å². The normalized spacial score (nSPS) is 40.1. The standard InChI is InChI=1S/C11H20O6/c1-13-5-15-8-3-7(4-12)9-11(17-9)10(8)16-6-14-2/h7-12H,3-6H2,1-2H3/t7-,8-,9-,10+,11-/m1/s1. The summed E-state index contributed by atoms with van der Waals surface area (Å²) in [5, 5.41) is 9.26. The molecule has 0 aromatic rings. The zero-order valence-corrected chi connectivity index (χ0v) is 10.2. The van der Waals surface area contributed by atoms with Gasteiger partial charge in [-0.15, -0.1) is 0 Å². The van der Waals surface area contributed by atoms with E-state index in [-0.39, 0.29) is 50.5 Å². The Labute approximate surface area is 101 Å². The third kappa shape index (κ3) is 2.96. The Morgan fingerprint density at radius 3 is 2.47 bits per heavy atom. The molecule has 0 unspecified atom stereocenters. The molecule has 2 aliphatic rings. The first kappa shape index (κ1) is 13.2. The molecule has 100 valence electrons. The molecule has 0 bridgehead atoms. The van der Waals surface area contributed by atoms with E-state index in [1.54, 1.807) is 14.2 Å². The fourth-order valence-corrected chi connectivity index (χ4v) is 2.40. The molecule has 1 heterocycles. The number of ether oxygens (including phenoxy) is 5. The molecule has 1 aliphatic carbocycles. The maximum atomic E-state index is 9.26. The highest BCUT2D eigenvalue weighted by Gasteiger charge is 2.57. The lowest BCUT2D eigenvalue weighted by molar-refractivity contribution is -0.171. The lowest BCUT2D eigenvalue weighted by atomic mass is 9.85. The van der Waals surface area contributed by atoms with E-state index in [0.717, 1.165) is 6.42 Å². The van der Waals surface area contributed by atoms with Crippen molar-refractivity contribution in [3.8, 4) is 0 Å². The van der Waals surface area contributed by atoms with Crippen LogP contribution in [0.3, 0.4) is 0 Å². The molecule has 0 aromatic carbocycles. The van der Waals surface area contributed by atoms with Crippen molar-refractivity contribution in [2.45, 2.75) is 30.8 Å². The summed E-state index contributed by atoms with van der Waals surface area (Å²) in [6, 6.07) is 0. The van der Waals surface area contributed by atoms with Gasteiger partial charge in [-0.1, -0.05) is 0 Å². The Balaban J connectivity index is 1.91. The SMILES string of the molecule is COCO[C@@H]1[C@@H]2O[C@@H]2[C@@H](CO)C[C@H]1OCOC. The summed E-state index contributed by atoms with van der Waals surface area (Å²) in [6.07, 6.45) is 0.570. The van der Waals surface area contributed by atoms with E-state index >= 15 is 0 Å². The number of epoxide rings is 1. The highest BCUT2D eigenvalue weighted by atomic mass is 16.7. The second-order valence-corrected chi connectivity index (χ2v) is 4.39. The van der Waals surface area contributed by atoms with Crippen LogP contribution in [0.15, 0.2) is 0 Å². The van der Waals surface area contributed by atoms with Crippen LogP contribution in [-0.4, -0.2) is 63.9 Å². The van der Waals surface area contributed by atoms with Crippen molar-refractivity contribution in [2.24, 2.45) is 5.92 Å². The van der Waals surface area contributed by atoms with Gasteiger partial charge in [-0.25, -0.2) is 0 Å². The Hall–Kier alpha value is -0.240. The topological polar surface area (TPSA) is 69.7 Å². The van der Waals surface area contributed by atoms with Gasteiger partial charge in [0.2, 0.25) is 0 Å². The average Bonchev–Trinajstić information content (AvgIpc) is 3.13. The van der Waals surface area contributed by atoms with Crippen LogP contribution in [-0.2, 0) is 23.7 Å². The van der Waals surface area contributed by atoms with Crippen LogP contribution in [0.25, 0.3) is 0 Å². The quantitative estimate of drug-likeness (QED) is 0.494. The van der Waals surface area contributed by atoms with Crippen molar-refractivity contribution < 1.29 is 28.8 Å². The predicted molar refractivity (Wildman–Crippen MR) is 57.4 cm³/mol. The van der Waals surface area contributed by atoms with Crippen molar-refractivity contribution in [3.63, 3.8) is 0 Å². The van der Waals surface area contributed by atoms with Crippen LogP contribution < -0.4 is 0 Å². The molecular formula is C11H20O6. The van der Waals surface area contributed by atoms with Gasteiger partial charge in [-0.2, -0.15) is 0 Å². The second-order valence-electron chi connectivity index (χ2n) is 4.39. The van der Waals surface area contributed by atoms with Crippen molar-refractivity contribution in [1.82, 2.24) is 0 Å². The lowest BCUT2D eigenvalue weighted by Gasteiger charge is -2.31. The minimum Gasteiger partial charge on any atom is -0.396 e. The van der Waals surface area contributed by atoms with E-state index in [1.165, 1.54) is 0 Å². The molecule has 5 atom stereocenters. The van der Waals surface area contributed by atoms with Gasteiger partial charge < -0.3 is 28.8 Å². The van der Waals surface area contributed by atoms with Gasteiger partial charge >= 0.3 is 0 Å². The molecule has 6 heteroatoms. The Bertz CT molecular complexity index is 236. The van der Waals surface area contributed by atoms with Crippen LogP contribution in [0, 0.1) is 5.92 Å². The minimum atomic E-state index is -0.141. The van der Waals surface area contributed by atoms with Gasteiger partial charge in [0.25, 0.3) is 0 Å². The minimum absolute atomic E-state index is 0.0120. The summed E-state index contributed by atoms with van der Waals surface area (Å²) in [7, 11) is 3.16. The molecule has 2 fully saturated rings. The molecular weight excluding hydrogens is 228 g/mol. The maximum absolute atomic E-state index is 9.26. The van der Waals surface area contributed by atoms with Gasteiger partial charge in [-0.3, -0.25) is 0 Å². The van der Waals surface area contributed by atoms with Gasteiger partial charge in [0.1, 0.15) is 25.8 Å². The number of fused-ring (bicyclic) bond motifs is 1. The van der Waals surface area contributed by atoms with Crippen LogP contribution in [0.1, 0.15) is 6.42 Å². The Morgan fingerprint density at radius 2 is 1.82 bits per heavy atom. The smallest absolute Gasteiger partial charge is 0.146 e. The van der Waals surface area contributed by atoms with Crippen LogP contribution in [0.2, 0.25) is 0 Å². The van der Waals surface area contributed by atoms with Gasteiger partial charge in [0.05, 0.1) is 12.2 Å². The molecule has 6 nitrogen and oxygen atoms in total. The first-order valence-electron chi connectivity index (χ1n) is 5.79. The third-order valence-electron chi connectivity index (χ3n) is 3.26. The fourth-order valence-electron chi connectivity index (χ4n) is 2.40. The summed E-state index contributed by atoms with van der Waals surface area (Å²) in [6.45, 7) is 0.548. The van der Waals surface area contributed by atoms with Gasteiger partial charge in [-0.05, 0) is 6.42 Å². The van der Waals surface area contributed by atoms with Crippen LogP contribution in [0.4, 0.5) is 0 Å². The zero-order valence-electron chi connectivity index (χ0n) is 10.2. The number of hydrogen-bond donors (Lipinski definition) is 1. The summed E-state index contributed by atoms with van der Waals surface area (Å²) in [5.41, 5.74) is 0. The molecule has 0 radical (unpaired) electrons. The molecule has 1 saturated carbocycles. The highest BCUT2D eigenvalue weighted by Crippen LogP contribution is 2.43. The van der Waals surface area contributed by atoms with Gasteiger partial charge in [0.15, 0.2) is 0 Å². The summed E-state index contributed by atoms with van der Waals surface area (Å²) in [4.78, 5) is 0. The van der Waals surface area contributed by atoms with E-state index in [0.29, 0.717) is 0 Å². The summed E-state index contributed by atoms with van der Waals surface area (Å²) < 4.78 is 26.5. The predicted octanol–water partition coefficient (Wildman–Crippen LogP) is -0.256. The first-order chi connectivity index (χ1) is 8.31. The van der Waals surface area contributed by atoms with Crippen molar-refractivity contribution in [2.75, 3.05) is 34.4 Å². The fraction of sp³-hybridized carbons (Fsp3) is 1.00. The molecule has 2 rings (SSSR count). The molecule has 1 N–H and O–H groups in total. The monoisotopic (exact) mass is 248 g/mol. The third-order valence-corrected chi connectivity index (χ3v) is 3.26. The average molecular weight is 248 g/mol. The first-order valence-corrected chi connectivity index (χ1v) is 5.79. The van der Waals surface area contributed by atoms with E-state index < -0.39 is 0 Å². The highest BCUT2D eigenvalue weighted by molar-refractivity contribution is 5.04. The lowest BCUT2D eigenvalue weighted by Crippen LogP contribution is -2.45. The molecule has 0 spiro atoms. The van der Waals surface area contributed by atoms with Gasteiger partial charge in [0, 0.05) is 26.7 Å². The molecule has 17 heavy (non-hydrogen) atoms. The summed E-state index contributed by atoms with van der Waals surface area (Å²) in [5.74, 6) is 0.129. The molecule has 0 amide bonds. The molecule has 0 aromatic heterocycles. The number of rotatable bonds is 7. The molecule has 1 aliphatic heterocycles. The number of methoxy groups -OCH3 is 2. The molecule has 1 saturated heterocycles. The van der Waals surface area contributed by atoms with Crippen LogP contribution in [0.5, 0.6) is 0 Å². The van der Waals surface area contributed by atoms with E-state index in [4.69, 9.17) is 23.7 Å². The zero-order chi connectivity index (χ0) is 12.3. The number of aliphatic hydroxyl groups is 1. The summed E-state index contributed by atoms with van der Waals surface area (Å²) >= 11 is 0. The number of hydrogen-bond acceptors (Lipinski definition) is 6. The van der Waals surface area contributed by atoms with E-state index in [9.17, 15) is 5.11 Å². The Kier molecular flexibility index (Phi) is 4.72. The van der Waals surface area contributed by atoms with Crippen LogP contribution >= 0.6 is 0 Å². The van der Waals surface area contributed by atoms with E-state index in [2.05, 4.69) is 0 Å². The van der Waals surface area contributed by atoms with Crippen molar-refractivity contribution in [3.05, 3.63) is 0 Å². The second kappa shape index (κ2) is 6.08. The van der Waals surface area contributed by atoms with Crippen molar-refractivity contribution >= 4 is 0 Å². The largest absolute Gasteiger partial charge is 0.396 e. The number of aliphatic hydroxyl groups excluding tert-OH is 1. The maximum Gasteiger partial charge on any atom is 0.146 e.